The van der Waals surface area contributed by atoms with Crippen LogP contribution in [0.1, 0.15) is 19.8 Å². The molecule has 0 aromatic carbocycles. The highest BCUT2D eigenvalue weighted by atomic mass is 32.2. The number of rotatable bonds is 1. The second-order valence-corrected chi connectivity index (χ2v) is 5.35. The summed E-state index contributed by atoms with van der Waals surface area (Å²) in [5, 5.41) is 0. The van der Waals surface area contributed by atoms with E-state index < -0.39 is 10.0 Å². The average Bonchev–Trinajstić information content (AvgIpc) is 1.95. The lowest BCUT2D eigenvalue weighted by Gasteiger charge is -2.28. The lowest BCUT2D eigenvalue weighted by Crippen LogP contribution is -2.39. The van der Waals surface area contributed by atoms with Crippen LogP contribution in [0.3, 0.4) is 0 Å². The molecule has 0 saturated carbocycles. The monoisotopic (exact) mass is 177 g/mol. The van der Waals surface area contributed by atoms with Crippen LogP contribution in [0.5, 0.6) is 0 Å². The lowest BCUT2D eigenvalue weighted by molar-refractivity contribution is 0.340. The zero-order valence-corrected chi connectivity index (χ0v) is 7.89. The van der Waals surface area contributed by atoms with Gasteiger partial charge in [0.2, 0.25) is 10.0 Å². The van der Waals surface area contributed by atoms with Crippen LogP contribution in [0.4, 0.5) is 0 Å². The van der Waals surface area contributed by atoms with Crippen LogP contribution in [-0.4, -0.2) is 32.1 Å². The summed E-state index contributed by atoms with van der Waals surface area (Å²) in [5.41, 5.74) is 0. The molecule has 0 aliphatic carbocycles. The largest absolute Gasteiger partial charge is 0.213 e. The van der Waals surface area contributed by atoms with Gasteiger partial charge in [-0.1, -0.05) is 13.3 Å². The number of sulfonamides is 1. The maximum absolute atomic E-state index is 11.2. The van der Waals surface area contributed by atoms with Crippen LogP contribution >= 0.6 is 0 Å². The maximum Gasteiger partial charge on any atom is 0.213 e. The molecule has 11 heavy (non-hydrogen) atoms. The summed E-state index contributed by atoms with van der Waals surface area (Å²) in [6.45, 7) is 2.81. The summed E-state index contributed by atoms with van der Waals surface area (Å²) in [6, 6.07) is 0. The normalized spacial score (nSPS) is 32.0. The highest BCUT2D eigenvalue weighted by Gasteiger charge is 2.27. The Bertz CT molecular complexity index is 223. The van der Waals surface area contributed by atoms with Crippen molar-refractivity contribution < 1.29 is 8.42 Å². The van der Waals surface area contributed by atoms with E-state index in [2.05, 4.69) is 6.92 Å². The molecule has 1 rings (SSSR count). The SMILES string of the molecule is CCC1CCS(=O)(=O)N(C)C1. The van der Waals surface area contributed by atoms with E-state index in [9.17, 15) is 8.42 Å². The number of hydrogen-bond donors (Lipinski definition) is 0. The molecule has 1 unspecified atom stereocenters. The van der Waals surface area contributed by atoms with Crippen molar-refractivity contribution in [1.29, 1.82) is 0 Å². The molecule has 1 atom stereocenters. The molecule has 1 aliphatic heterocycles. The van der Waals surface area contributed by atoms with Gasteiger partial charge >= 0.3 is 0 Å². The van der Waals surface area contributed by atoms with Gasteiger partial charge in [-0.2, -0.15) is 0 Å². The van der Waals surface area contributed by atoms with Crippen LogP contribution in [0.15, 0.2) is 0 Å². The molecular formula is C7H15NO2S. The minimum absolute atomic E-state index is 0.335. The van der Waals surface area contributed by atoms with Gasteiger partial charge < -0.3 is 0 Å². The Kier molecular flexibility index (Phi) is 2.54. The first-order valence-corrected chi connectivity index (χ1v) is 5.61. The van der Waals surface area contributed by atoms with Crippen molar-refractivity contribution >= 4 is 10.0 Å². The molecule has 4 heteroatoms. The van der Waals surface area contributed by atoms with E-state index in [1.807, 2.05) is 0 Å². The second-order valence-electron chi connectivity index (χ2n) is 3.16. The van der Waals surface area contributed by atoms with Gasteiger partial charge in [-0.3, -0.25) is 0 Å². The van der Waals surface area contributed by atoms with Crippen molar-refractivity contribution in [2.75, 3.05) is 19.3 Å². The Morgan fingerprint density at radius 3 is 2.64 bits per heavy atom. The van der Waals surface area contributed by atoms with E-state index in [0.29, 0.717) is 18.2 Å². The Morgan fingerprint density at radius 1 is 1.55 bits per heavy atom. The van der Waals surface area contributed by atoms with Crippen molar-refractivity contribution in [2.45, 2.75) is 19.8 Å². The zero-order valence-electron chi connectivity index (χ0n) is 7.08. The van der Waals surface area contributed by atoms with Crippen molar-refractivity contribution in [2.24, 2.45) is 5.92 Å². The van der Waals surface area contributed by atoms with Crippen LogP contribution in [0.25, 0.3) is 0 Å². The highest BCUT2D eigenvalue weighted by molar-refractivity contribution is 7.89. The Labute approximate surface area is 68.4 Å². The van der Waals surface area contributed by atoms with E-state index in [4.69, 9.17) is 0 Å². The summed E-state index contributed by atoms with van der Waals surface area (Å²) in [6.07, 6.45) is 1.92. The van der Waals surface area contributed by atoms with Gasteiger partial charge in [-0.05, 0) is 12.3 Å². The van der Waals surface area contributed by atoms with Crippen LogP contribution in [-0.2, 0) is 10.0 Å². The van der Waals surface area contributed by atoms with Crippen molar-refractivity contribution in [3.63, 3.8) is 0 Å². The molecule has 0 spiro atoms. The molecule has 1 heterocycles. The smallest absolute Gasteiger partial charge is 0.212 e. The topological polar surface area (TPSA) is 37.4 Å². The first-order valence-electron chi connectivity index (χ1n) is 4.00. The highest BCUT2D eigenvalue weighted by Crippen LogP contribution is 2.19. The zero-order chi connectivity index (χ0) is 8.48. The van der Waals surface area contributed by atoms with E-state index in [0.717, 1.165) is 12.8 Å². The Balaban J connectivity index is 2.62. The Morgan fingerprint density at radius 2 is 2.18 bits per heavy atom. The molecule has 0 radical (unpaired) electrons. The predicted octanol–water partition coefficient (Wildman–Crippen LogP) is 0.678. The summed E-state index contributed by atoms with van der Waals surface area (Å²) in [4.78, 5) is 0. The summed E-state index contributed by atoms with van der Waals surface area (Å²) < 4.78 is 23.8. The van der Waals surface area contributed by atoms with E-state index in [1.54, 1.807) is 7.05 Å². The van der Waals surface area contributed by atoms with Gasteiger partial charge in [0.25, 0.3) is 0 Å². The minimum Gasteiger partial charge on any atom is -0.212 e. The Hall–Kier alpha value is -0.0900. The molecule has 3 nitrogen and oxygen atoms in total. The summed E-state index contributed by atoms with van der Waals surface area (Å²) in [5.74, 6) is 0.908. The van der Waals surface area contributed by atoms with Gasteiger partial charge in [-0.25, -0.2) is 12.7 Å². The number of nitrogens with zero attached hydrogens (tertiary/aromatic N) is 1. The van der Waals surface area contributed by atoms with E-state index >= 15 is 0 Å². The summed E-state index contributed by atoms with van der Waals surface area (Å²) in [7, 11) is -1.21. The van der Waals surface area contributed by atoms with Crippen molar-refractivity contribution in [3.8, 4) is 0 Å². The summed E-state index contributed by atoms with van der Waals surface area (Å²) >= 11 is 0. The fraction of sp³-hybridized carbons (Fsp3) is 1.00. The first kappa shape index (κ1) is 9.00. The molecule has 0 bridgehead atoms. The lowest BCUT2D eigenvalue weighted by atomic mass is 10.0. The molecule has 0 N–H and O–H groups in total. The van der Waals surface area contributed by atoms with E-state index in [1.165, 1.54) is 4.31 Å². The van der Waals surface area contributed by atoms with Crippen molar-refractivity contribution in [1.82, 2.24) is 4.31 Å². The van der Waals surface area contributed by atoms with Gasteiger partial charge in [0.15, 0.2) is 0 Å². The molecule has 1 fully saturated rings. The molecular weight excluding hydrogens is 162 g/mol. The quantitative estimate of drug-likeness (QED) is 0.590. The predicted molar refractivity (Wildman–Crippen MR) is 44.8 cm³/mol. The fourth-order valence-corrected chi connectivity index (χ4v) is 2.75. The fourth-order valence-electron chi connectivity index (χ4n) is 1.37. The van der Waals surface area contributed by atoms with E-state index in [-0.39, 0.29) is 0 Å². The molecule has 0 amide bonds. The first-order chi connectivity index (χ1) is 5.06. The third kappa shape index (κ3) is 1.93. The van der Waals surface area contributed by atoms with Gasteiger partial charge in [0.05, 0.1) is 5.75 Å². The molecule has 0 aromatic heterocycles. The maximum atomic E-state index is 11.2. The molecule has 1 saturated heterocycles. The van der Waals surface area contributed by atoms with Crippen LogP contribution < -0.4 is 0 Å². The average molecular weight is 177 g/mol. The van der Waals surface area contributed by atoms with Crippen molar-refractivity contribution in [3.05, 3.63) is 0 Å². The van der Waals surface area contributed by atoms with Crippen LogP contribution in [0, 0.1) is 5.92 Å². The number of hydrogen-bond acceptors (Lipinski definition) is 2. The van der Waals surface area contributed by atoms with Gasteiger partial charge in [0, 0.05) is 13.6 Å². The van der Waals surface area contributed by atoms with Crippen LogP contribution in [0.2, 0.25) is 0 Å². The minimum atomic E-state index is -2.87. The molecule has 1 aliphatic rings. The molecule has 0 aromatic rings. The third-order valence-corrected chi connectivity index (χ3v) is 4.20. The second kappa shape index (κ2) is 3.11. The standard InChI is InChI=1S/C7H15NO2S/c1-3-7-4-5-11(9,10)8(2)6-7/h7H,3-6H2,1-2H3. The van der Waals surface area contributed by atoms with Gasteiger partial charge in [0.1, 0.15) is 0 Å². The third-order valence-electron chi connectivity index (χ3n) is 2.35. The van der Waals surface area contributed by atoms with Gasteiger partial charge in [-0.15, -0.1) is 0 Å². The molecule has 66 valence electrons.